The first kappa shape index (κ1) is 22.7. The van der Waals surface area contributed by atoms with E-state index in [0.29, 0.717) is 16.7 Å². The molecule has 5 fully saturated rings. The van der Waals surface area contributed by atoms with Crippen LogP contribution in [0.4, 0.5) is 0 Å². The molecular weight excluding hydrogens is 376 g/mol. The van der Waals surface area contributed by atoms with E-state index in [1.165, 1.54) is 51.4 Å². The van der Waals surface area contributed by atoms with E-state index in [1.54, 1.807) is 0 Å². The fourth-order valence-electron chi connectivity index (χ4n) is 10.9. The maximum absolute atomic E-state index is 10.6. The molecule has 1 heteroatoms. The zero-order valence-electron chi connectivity index (χ0n) is 21.7. The molecule has 1 nitrogen and oxygen atoms in total. The van der Waals surface area contributed by atoms with E-state index in [4.69, 9.17) is 0 Å². The second kappa shape index (κ2) is 7.74. The van der Waals surface area contributed by atoms with Gasteiger partial charge in [0.2, 0.25) is 0 Å². The fourth-order valence-corrected chi connectivity index (χ4v) is 10.9. The van der Waals surface area contributed by atoms with E-state index in [9.17, 15) is 5.11 Å². The topological polar surface area (TPSA) is 20.2 Å². The Labute approximate surface area is 193 Å². The molecule has 5 aliphatic carbocycles. The highest BCUT2D eigenvalue weighted by Gasteiger charge is 2.62. The van der Waals surface area contributed by atoms with Crippen LogP contribution in [0.5, 0.6) is 0 Å². The third kappa shape index (κ3) is 3.32. The molecule has 0 amide bonds. The van der Waals surface area contributed by atoms with E-state index >= 15 is 0 Å². The van der Waals surface area contributed by atoms with Crippen molar-refractivity contribution in [3.05, 3.63) is 0 Å². The van der Waals surface area contributed by atoms with Gasteiger partial charge in [-0.3, -0.25) is 0 Å². The SMILES string of the molecule is CC(C)[C@@H](C)[C@H]1C[C@@H]1[C@@H](C)[C@H]1CC[C@H]2[C@@H]3CC[C@H]4[C@H](C)[C@@H](O)CC[C@]4(C)[C@H]3CC[C@]12C. The first-order valence-electron chi connectivity index (χ1n) is 14.3. The van der Waals surface area contributed by atoms with E-state index in [2.05, 4.69) is 48.5 Å². The van der Waals surface area contributed by atoms with Crippen LogP contribution in [0.25, 0.3) is 0 Å². The summed E-state index contributed by atoms with van der Waals surface area (Å²) in [6.45, 7) is 17.8. The Morgan fingerprint density at radius 1 is 0.742 bits per heavy atom. The molecule has 1 N–H and O–H groups in total. The van der Waals surface area contributed by atoms with Crippen molar-refractivity contribution in [1.29, 1.82) is 0 Å². The molecule has 0 aromatic carbocycles. The highest BCUT2D eigenvalue weighted by molar-refractivity contribution is 5.11. The predicted octanol–water partition coefficient (Wildman–Crippen LogP) is 7.82. The molecule has 178 valence electrons. The smallest absolute Gasteiger partial charge is 0.0568 e. The van der Waals surface area contributed by atoms with E-state index < -0.39 is 0 Å². The third-order valence-corrected chi connectivity index (χ3v) is 13.2. The van der Waals surface area contributed by atoms with Crippen molar-refractivity contribution >= 4 is 0 Å². The molecule has 0 bridgehead atoms. The molecule has 0 spiro atoms. The first-order chi connectivity index (χ1) is 14.6. The zero-order chi connectivity index (χ0) is 22.3. The summed E-state index contributed by atoms with van der Waals surface area (Å²) in [7, 11) is 0. The van der Waals surface area contributed by atoms with Crippen LogP contribution in [0, 0.1) is 75.9 Å². The van der Waals surface area contributed by atoms with Crippen molar-refractivity contribution < 1.29 is 5.11 Å². The van der Waals surface area contributed by atoms with Crippen LogP contribution in [-0.2, 0) is 0 Å². The molecule has 5 saturated carbocycles. The van der Waals surface area contributed by atoms with Crippen LogP contribution in [0.2, 0.25) is 0 Å². The Morgan fingerprint density at radius 2 is 1.39 bits per heavy atom. The van der Waals surface area contributed by atoms with Gasteiger partial charge in [-0.1, -0.05) is 48.5 Å². The highest BCUT2D eigenvalue weighted by Crippen LogP contribution is 2.70. The van der Waals surface area contributed by atoms with E-state index in [1.807, 2.05) is 0 Å². The van der Waals surface area contributed by atoms with Crippen molar-refractivity contribution in [1.82, 2.24) is 0 Å². The lowest BCUT2D eigenvalue weighted by Gasteiger charge is -2.62. The number of hydrogen-bond acceptors (Lipinski definition) is 1. The molecule has 0 aliphatic heterocycles. The van der Waals surface area contributed by atoms with Gasteiger partial charge in [-0.2, -0.15) is 0 Å². The van der Waals surface area contributed by atoms with Crippen molar-refractivity contribution in [2.45, 2.75) is 112 Å². The van der Waals surface area contributed by atoms with Crippen LogP contribution in [-0.4, -0.2) is 11.2 Å². The maximum atomic E-state index is 10.6. The first-order valence-corrected chi connectivity index (χ1v) is 14.3. The number of hydrogen-bond donors (Lipinski definition) is 1. The molecule has 0 heterocycles. The molecule has 0 aromatic heterocycles. The Hall–Kier alpha value is -0.0400. The van der Waals surface area contributed by atoms with Gasteiger partial charge in [0.1, 0.15) is 0 Å². The van der Waals surface area contributed by atoms with E-state index in [-0.39, 0.29) is 6.10 Å². The quantitative estimate of drug-likeness (QED) is 0.484. The Kier molecular flexibility index (Phi) is 5.68. The van der Waals surface area contributed by atoms with Crippen LogP contribution < -0.4 is 0 Å². The molecule has 0 saturated heterocycles. The monoisotopic (exact) mass is 428 g/mol. The highest BCUT2D eigenvalue weighted by atomic mass is 16.3. The molecule has 13 atom stereocenters. The lowest BCUT2D eigenvalue weighted by atomic mass is 9.43. The summed E-state index contributed by atoms with van der Waals surface area (Å²) >= 11 is 0. The molecular formula is C30H52O. The minimum atomic E-state index is -0.0417. The Morgan fingerprint density at radius 3 is 2.10 bits per heavy atom. The number of rotatable bonds is 4. The maximum Gasteiger partial charge on any atom is 0.0568 e. The molecule has 5 aliphatic rings. The van der Waals surface area contributed by atoms with Gasteiger partial charge in [-0.05, 0) is 134 Å². The summed E-state index contributed by atoms with van der Waals surface area (Å²) in [5.41, 5.74) is 1.11. The summed E-state index contributed by atoms with van der Waals surface area (Å²) < 4.78 is 0. The second-order valence-corrected chi connectivity index (χ2v) is 14.3. The molecule has 0 aromatic rings. The molecule has 0 unspecified atom stereocenters. The van der Waals surface area contributed by atoms with Crippen molar-refractivity contribution in [3.8, 4) is 0 Å². The van der Waals surface area contributed by atoms with Gasteiger partial charge in [0.25, 0.3) is 0 Å². The summed E-state index contributed by atoms with van der Waals surface area (Å²) in [6, 6.07) is 0. The second-order valence-electron chi connectivity index (χ2n) is 14.3. The summed E-state index contributed by atoms with van der Waals surface area (Å²) in [5, 5.41) is 10.6. The average molecular weight is 429 g/mol. The van der Waals surface area contributed by atoms with Gasteiger partial charge >= 0.3 is 0 Å². The summed E-state index contributed by atoms with van der Waals surface area (Å²) in [5.74, 6) is 9.87. The Balaban J connectivity index is 1.32. The predicted molar refractivity (Wildman–Crippen MR) is 131 cm³/mol. The van der Waals surface area contributed by atoms with Gasteiger partial charge in [-0.25, -0.2) is 0 Å². The van der Waals surface area contributed by atoms with Gasteiger partial charge in [0, 0.05) is 0 Å². The zero-order valence-corrected chi connectivity index (χ0v) is 21.7. The van der Waals surface area contributed by atoms with Gasteiger partial charge in [-0.15, -0.1) is 0 Å². The van der Waals surface area contributed by atoms with Crippen LogP contribution in [0.1, 0.15) is 106 Å². The molecule has 0 radical (unpaired) electrons. The largest absolute Gasteiger partial charge is 0.393 e. The van der Waals surface area contributed by atoms with Crippen LogP contribution >= 0.6 is 0 Å². The summed E-state index contributed by atoms with van der Waals surface area (Å²) in [6.07, 6.45) is 12.7. The number of aliphatic hydroxyl groups excluding tert-OH is 1. The minimum Gasteiger partial charge on any atom is -0.393 e. The fraction of sp³-hybridized carbons (Fsp3) is 1.00. The van der Waals surface area contributed by atoms with E-state index in [0.717, 1.165) is 65.6 Å². The lowest BCUT2D eigenvalue weighted by molar-refractivity contribution is -0.149. The minimum absolute atomic E-state index is 0.0417. The van der Waals surface area contributed by atoms with Crippen molar-refractivity contribution in [3.63, 3.8) is 0 Å². The Bertz CT molecular complexity index is 669. The van der Waals surface area contributed by atoms with Crippen LogP contribution in [0.3, 0.4) is 0 Å². The third-order valence-electron chi connectivity index (χ3n) is 13.2. The number of aliphatic hydroxyl groups is 1. The van der Waals surface area contributed by atoms with Crippen LogP contribution in [0.15, 0.2) is 0 Å². The number of fused-ring (bicyclic) bond motifs is 5. The van der Waals surface area contributed by atoms with Crippen molar-refractivity contribution in [2.24, 2.45) is 75.9 Å². The standard InChI is InChI=1S/C30H52O/c1-17(2)18(3)22-16-23(22)19(4)24-10-11-26-21-8-9-25-20(5)28(31)13-15-30(25,7)27(21)12-14-29(24,26)6/h17-28,31H,8-16H2,1-7H3/t18-,19-,20+,21+,22-,23-,24-,25+,26+,27+,28+,29-,30+/m1/s1. The normalized spacial score (nSPS) is 55.8. The average Bonchev–Trinajstić information content (AvgIpc) is 3.44. The van der Waals surface area contributed by atoms with Gasteiger partial charge in [0.05, 0.1) is 6.10 Å². The van der Waals surface area contributed by atoms with Gasteiger partial charge in [0.15, 0.2) is 0 Å². The lowest BCUT2D eigenvalue weighted by Crippen LogP contribution is -2.56. The van der Waals surface area contributed by atoms with Crippen molar-refractivity contribution in [2.75, 3.05) is 0 Å². The summed E-state index contributed by atoms with van der Waals surface area (Å²) in [4.78, 5) is 0. The van der Waals surface area contributed by atoms with Gasteiger partial charge < -0.3 is 5.11 Å². The molecule has 5 rings (SSSR count). The molecule has 31 heavy (non-hydrogen) atoms.